The lowest BCUT2D eigenvalue weighted by Gasteiger charge is -2.34. The van der Waals surface area contributed by atoms with Crippen molar-refractivity contribution in [2.75, 3.05) is 106 Å². The first-order valence-corrected chi connectivity index (χ1v) is 20.6. The van der Waals surface area contributed by atoms with Crippen LogP contribution in [-0.2, 0) is 19.4 Å². The number of rotatable bonds is 10. The largest absolute Gasteiger partial charge is 0.345 e. The van der Waals surface area contributed by atoms with Gasteiger partial charge in [0, 0.05) is 125 Å². The molecule has 3 aromatic carbocycles. The molecule has 1 amide bonds. The first-order valence-electron chi connectivity index (χ1n) is 20.6. The number of aromatic nitrogens is 2. The van der Waals surface area contributed by atoms with Crippen molar-refractivity contribution in [3.63, 3.8) is 0 Å². The summed E-state index contributed by atoms with van der Waals surface area (Å²) in [6.45, 7) is 20.6. The van der Waals surface area contributed by atoms with Gasteiger partial charge in [-0.05, 0) is 118 Å². The lowest BCUT2D eigenvalue weighted by Crippen LogP contribution is -2.49. The van der Waals surface area contributed by atoms with Gasteiger partial charge < -0.3 is 29.5 Å². The van der Waals surface area contributed by atoms with Gasteiger partial charge in [-0.2, -0.15) is 0 Å². The molecule has 5 aromatic rings. The standard InChI is InChI=1S/C41H50N6O.C5H12N2/c1-31-32(2)47(18-5-17-44-22-20-43(3)21-23-44)40-14-10-35(30-38(31)40)28-33-7-11-36(12-8-33)41(48)46-26-24-45(25-27-46)19-15-34-9-13-39-37(29-34)6-4-16-42-39;1-7-4-2-6-3-5-7/h4,6-14,16,29-30H,5,15,17-28H2,1-3H3;6H,2-5H2,1H3. The number of nitrogens with zero attached hydrogens (tertiary/aromatic N) is 7. The molecule has 0 spiro atoms. The number of pyridine rings is 1. The maximum absolute atomic E-state index is 13.4. The van der Waals surface area contributed by atoms with E-state index < -0.39 is 0 Å². The van der Waals surface area contributed by atoms with E-state index in [9.17, 15) is 4.79 Å². The van der Waals surface area contributed by atoms with Crippen LogP contribution in [0.25, 0.3) is 21.8 Å². The van der Waals surface area contributed by atoms with Crippen LogP contribution in [0.5, 0.6) is 0 Å². The number of hydrogen-bond acceptors (Lipinski definition) is 7. The van der Waals surface area contributed by atoms with Gasteiger partial charge in [-0.1, -0.05) is 30.3 Å². The van der Waals surface area contributed by atoms with Gasteiger partial charge in [0.2, 0.25) is 0 Å². The maximum Gasteiger partial charge on any atom is 0.253 e. The molecule has 9 nitrogen and oxygen atoms in total. The summed E-state index contributed by atoms with van der Waals surface area (Å²) in [4.78, 5) is 29.7. The zero-order valence-electron chi connectivity index (χ0n) is 33.8. The molecule has 3 fully saturated rings. The second-order valence-electron chi connectivity index (χ2n) is 16.1. The van der Waals surface area contributed by atoms with Gasteiger partial charge in [0.1, 0.15) is 0 Å². The number of benzene rings is 3. The zero-order valence-corrected chi connectivity index (χ0v) is 33.8. The number of likely N-dealkylation sites (N-methyl/N-ethyl adjacent to an activating group) is 2. The van der Waals surface area contributed by atoms with Crippen molar-refractivity contribution < 1.29 is 4.79 Å². The zero-order chi connectivity index (χ0) is 38.1. The third-order valence-corrected chi connectivity index (χ3v) is 12.1. The van der Waals surface area contributed by atoms with Gasteiger partial charge in [-0.15, -0.1) is 0 Å². The summed E-state index contributed by atoms with van der Waals surface area (Å²) in [5.41, 5.74) is 9.83. The minimum Gasteiger partial charge on any atom is -0.345 e. The lowest BCUT2D eigenvalue weighted by atomic mass is 10.0. The second kappa shape index (κ2) is 18.7. The van der Waals surface area contributed by atoms with Gasteiger partial charge in [0.25, 0.3) is 5.91 Å². The molecule has 0 radical (unpaired) electrons. The Labute approximate surface area is 328 Å². The highest BCUT2D eigenvalue weighted by Crippen LogP contribution is 2.28. The number of aryl methyl sites for hydroxylation is 2. The summed E-state index contributed by atoms with van der Waals surface area (Å²) in [6.07, 6.45) is 4.90. The summed E-state index contributed by atoms with van der Waals surface area (Å²) in [5.74, 6) is 0.143. The number of nitrogens with one attached hydrogen (secondary N) is 1. The molecule has 0 atom stereocenters. The average molecular weight is 743 g/mol. The molecule has 0 unspecified atom stereocenters. The van der Waals surface area contributed by atoms with E-state index >= 15 is 0 Å². The topological polar surface area (TPSA) is 63.1 Å². The molecular formula is C46H62N8O. The Kier molecular flexibility index (Phi) is 13.3. The van der Waals surface area contributed by atoms with Gasteiger partial charge in [-0.3, -0.25) is 14.7 Å². The van der Waals surface area contributed by atoms with Crippen molar-refractivity contribution in [2.24, 2.45) is 0 Å². The van der Waals surface area contributed by atoms with E-state index in [0.717, 1.165) is 76.3 Å². The van der Waals surface area contributed by atoms with Crippen molar-refractivity contribution >= 4 is 27.7 Å². The predicted octanol–water partition coefficient (Wildman–Crippen LogP) is 5.56. The highest BCUT2D eigenvalue weighted by atomic mass is 16.2. The fraction of sp³-hybridized carbons (Fsp3) is 0.478. The monoisotopic (exact) mass is 743 g/mol. The number of piperazine rings is 3. The molecule has 1 N–H and O–H groups in total. The fourth-order valence-corrected chi connectivity index (χ4v) is 8.32. The van der Waals surface area contributed by atoms with E-state index in [1.54, 1.807) is 0 Å². The fourth-order valence-electron chi connectivity index (χ4n) is 8.32. The summed E-state index contributed by atoms with van der Waals surface area (Å²) >= 11 is 0. The van der Waals surface area contributed by atoms with Crippen LogP contribution >= 0.6 is 0 Å². The predicted molar refractivity (Wildman–Crippen MR) is 227 cm³/mol. The Bertz CT molecular complexity index is 2000. The molecule has 0 aliphatic carbocycles. The van der Waals surface area contributed by atoms with Crippen LogP contribution in [0.4, 0.5) is 0 Å². The normalized spacial score (nSPS) is 17.8. The minimum atomic E-state index is 0.143. The van der Waals surface area contributed by atoms with Crippen molar-refractivity contribution in [1.82, 2.24) is 39.4 Å². The highest BCUT2D eigenvalue weighted by molar-refractivity contribution is 5.94. The van der Waals surface area contributed by atoms with Crippen molar-refractivity contribution in [1.29, 1.82) is 0 Å². The van der Waals surface area contributed by atoms with E-state index in [2.05, 4.69) is 117 Å². The van der Waals surface area contributed by atoms with Gasteiger partial charge >= 0.3 is 0 Å². The SMILES string of the molecule is CN1CCNCC1.Cc1c(C)n(CCCN2CCN(C)CC2)c2ccc(Cc3ccc(C(=O)N4CCN(CCc5ccc6ncccc6c5)CC4)cc3)cc12. The number of carbonyl (C=O) groups excluding carboxylic acids is 1. The lowest BCUT2D eigenvalue weighted by molar-refractivity contribution is 0.0638. The Morgan fingerprint density at radius 1 is 0.691 bits per heavy atom. The molecule has 0 bridgehead atoms. The highest BCUT2D eigenvalue weighted by Gasteiger charge is 2.22. The molecule has 9 heteroatoms. The van der Waals surface area contributed by atoms with E-state index in [1.807, 2.05) is 29.3 Å². The first kappa shape index (κ1) is 39.1. The van der Waals surface area contributed by atoms with Crippen LogP contribution in [-0.4, -0.2) is 146 Å². The van der Waals surface area contributed by atoms with E-state index in [4.69, 9.17) is 0 Å². The Morgan fingerprint density at radius 3 is 2.09 bits per heavy atom. The van der Waals surface area contributed by atoms with Crippen LogP contribution in [0.3, 0.4) is 0 Å². The van der Waals surface area contributed by atoms with Crippen molar-refractivity contribution in [2.45, 2.75) is 39.7 Å². The minimum absolute atomic E-state index is 0.143. The number of amides is 1. The molecule has 3 aliphatic heterocycles. The molecule has 292 valence electrons. The van der Waals surface area contributed by atoms with E-state index in [-0.39, 0.29) is 5.91 Å². The van der Waals surface area contributed by atoms with Gasteiger partial charge in [0.05, 0.1) is 5.52 Å². The Morgan fingerprint density at radius 2 is 1.36 bits per heavy atom. The van der Waals surface area contributed by atoms with Crippen LogP contribution in [0.2, 0.25) is 0 Å². The molecule has 8 rings (SSSR count). The van der Waals surface area contributed by atoms with Crippen LogP contribution in [0.15, 0.2) is 79.0 Å². The second-order valence-corrected chi connectivity index (χ2v) is 16.1. The third kappa shape index (κ3) is 10.2. The van der Waals surface area contributed by atoms with E-state index in [1.165, 1.54) is 96.5 Å². The molecule has 55 heavy (non-hydrogen) atoms. The van der Waals surface area contributed by atoms with Crippen molar-refractivity contribution in [3.8, 4) is 0 Å². The summed E-state index contributed by atoms with van der Waals surface area (Å²) in [7, 11) is 4.37. The molecular weight excluding hydrogens is 681 g/mol. The van der Waals surface area contributed by atoms with Gasteiger partial charge in [0.15, 0.2) is 0 Å². The Hall–Kier alpha value is -4.12. The summed E-state index contributed by atoms with van der Waals surface area (Å²) in [5, 5.41) is 5.83. The first-order chi connectivity index (χ1) is 26.8. The number of carbonyl (C=O) groups is 1. The number of hydrogen-bond donors (Lipinski definition) is 1. The smallest absolute Gasteiger partial charge is 0.253 e. The number of fused-ring (bicyclic) bond motifs is 2. The molecule has 0 saturated carbocycles. The van der Waals surface area contributed by atoms with E-state index in [0.29, 0.717) is 0 Å². The quantitative estimate of drug-likeness (QED) is 0.201. The molecule has 5 heterocycles. The van der Waals surface area contributed by atoms with Crippen LogP contribution < -0.4 is 5.32 Å². The third-order valence-electron chi connectivity index (χ3n) is 12.1. The molecule has 3 aliphatic rings. The van der Waals surface area contributed by atoms with Crippen molar-refractivity contribution in [3.05, 3.63) is 113 Å². The van der Waals surface area contributed by atoms with Crippen LogP contribution in [0, 0.1) is 13.8 Å². The Balaban J connectivity index is 0.000000599. The van der Waals surface area contributed by atoms with Crippen LogP contribution in [0.1, 0.15) is 44.7 Å². The molecule has 3 saturated heterocycles. The van der Waals surface area contributed by atoms with Gasteiger partial charge in [-0.25, -0.2) is 0 Å². The average Bonchev–Trinajstić information content (AvgIpc) is 3.45. The molecule has 2 aromatic heterocycles. The maximum atomic E-state index is 13.4. The summed E-state index contributed by atoms with van der Waals surface area (Å²) < 4.78 is 2.52. The summed E-state index contributed by atoms with van der Waals surface area (Å²) in [6, 6.07) is 26.0.